The highest BCUT2D eigenvalue weighted by molar-refractivity contribution is 6.32. The number of fused-ring (bicyclic) bond motifs is 3. The van der Waals surface area contributed by atoms with E-state index in [2.05, 4.69) is 10.6 Å². The molecule has 0 bridgehead atoms. The van der Waals surface area contributed by atoms with Crippen LogP contribution in [0.5, 0.6) is 5.75 Å². The average Bonchev–Trinajstić information content (AvgIpc) is 3.45. The van der Waals surface area contributed by atoms with Crippen LogP contribution in [-0.4, -0.2) is 102 Å². The molecule has 42 heavy (non-hydrogen) atoms. The predicted octanol–water partition coefficient (Wildman–Crippen LogP) is -1.70. The van der Waals surface area contributed by atoms with Gasteiger partial charge in [0.05, 0.1) is 23.6 Å². The second-order valence-electron chi connectivity index (χ2n) is 12.3. The number of rotatable bonds is 6. The van der Waals surface area contributed by atoms with Crippen LogP contribution in [0.25, 0.3) is 0 Å². The number of likely N-dealkylation sites (N-methyl/N-ethyl adjacent to an activating group) is 1. The summed E-state index contributed by atoms with van der Waals surface area (Å²) in [7, 11) is 6.62. The summed E-state index contributed by atoms with van der Waals surface area (Å²) < 4.78 is 0. The second-order valence-corrected chi connectivity index (χ2v) is 12.3. The van der Waals surface area contributed by atoms with Gasteiger partial charge in [-0.15, -0.1) is 0 Å². The van der Waals surface area contributed by atoms with Crippen LogP contribution in [0.3, 0.4) is 0 Å². The Morgan fingerprint density at radius 1 is 1.14 bits per heavy atom. The molecule has 0 spiro atoms. The Labute approximate surface area is 242 Å². The van der Waals surface area contributed by atoms with E-state index >= 15 is 0 Å². The van der Waals surface area contributed by atoms with Gasteiger partial charge in [-0.2, -0.15) is 0 Å². The summed E-state index contributed by atoms with van der Waals surface area (Å²) in [6, 6.07) is 0.191. The number of carbonyl (C=O) groups excluding carboxylic acids is 6. The van der Waals surface area contributed by atoms with Crippen LogP contribution in [0.15, 0.2) is 6.07 Å². The van der Waals surface area contributed by atoms with Crippen LogP contribution in [-0.2, 0) is 36.9 Å². The number of phenolic OH excluding ortho intramolecular Hbond substituents is 1. The van der Waals surface area contributed by atoms with Crippen LogP contribution in [0.1, 0.15) is 40.7 Å². The van der Waals surface area contributed by atoms with E-state index in [1.165, 1.54) is 4.90 Å². The van der Waals surface area contributed by atoms with Gasteiger partial charge in [-0.3, -0.25) is 33.7 Å². The minimum Gasteiger partial charge on any atom is -0.507 e. The Morgan fingerprint density at radius 3 is 2.40 bits per heavy atom. The summed E-state index contributed by atoms with van der Waals surface area (Å²) in [5.74, 6) is -11.2. The normalized spacial score (nSPS) is 32.3. The molecule has 13 nitrogen and oxygen atoms in total. The summed E-state index contributed by atoms with van der Waals surface area (Å²) in [6.45, 7) is 0.668. The number of amides is 2. The molecule has 2 amide bonds. The lowest BCUT2D eigenvalue weighted by molar-refractivity contribution is -0.181. The number of carbonyl (C=O) groups is 6. The fourth-order valence-corrected chi connectivity index (χ4v) is 7.45. The molecule has 6 N–H and O–H groups in total. The highest BCUT2D eigenvalue weighted by Gasteiger charge is 2.69. The maximum absolute atomic E-state index is 14.1. The zero-order chi connectivity index (χ0) is 30.8. The van der Waals surface area contributed by atoms with Gasteiger partial charge in [0.1, 0.15) is 5.75 Å². The number of ketones is 4. The second kappa shape index (κ2) is 10.5. The molecule has 226 valence electrons. The fourth-order valence-electron chi connectivity index (χ4n) is 7.45. The molecule has 0 radical (unpaired) electrons. The van der Waals surface area contributed by atoms with Crippen LogP contribution in [0, 0.1) is 23.7 Å². The molecule has 1 aromatic rings. The number of phenols is 1. The van der Waals surface area contributed by atoms with Gasteiger partial charge in [0.25, 0.3) is 0 Å². The molecule has 3 aliphatic carbocycles. The molecule has 3 fully saturated rings. The lowest BCUT2D eigenvalue weighted by atomic mass is 9.52. The standard InChI is InChI=1S/C29H37N5O8/c1-33(2)17-10-13(11-32-28(41)16-6-5-7-31-16)22(35)19-14(17)8-12-9-15-21(34(3)4)24(37)20(27(30)40)26(39)29(15,42)25(38)18(12)23(19)36/h10,12,15-16,18,20-21,31,35,42H,5-9,11H2,1-4H3,(H2,30,40)(H,32,41)/t12-,15-,16?,18?,20?,21-,29-/m1/s1. The van der Waals surface area contributed by atoms with Gasteiger partial charge in [-0.25, -0.2) is 0 Å². The van der Waals surface area contributed by atoms with Crippen molar-refractivity contribution in [2.75, 3.05) is 39.6 Å². The van der Waals surface area contributed by atoms with Gasteiger partial charge in [0, 0.05) is 37.8 Å². The predicted molar refractivity (Wildman–Crippen MR) is 149 cm³/mol. The van der Waals surface area contributed by atoms with Gasteiger partial charge >= 0.3 is 0 Å². The summed E-state index contributed by atoms with van der Waals surface area (Å²) in [5.41, 5.74) is 3.87. The first-order valence-electron chi connectivity index (χ1n) is 14.1. The summed E-state index contributed by atoms with van der Waals surface area (Å²) in [4.78, 5) is 82.8. The van der Waals surface area contributed by atoms with Crippen molar-refractivity contribution in [3.8, 4) is 5.75 Å². The maximum Gasteiger partial charge on any atom is 0.237 e. The van der Waals surface area contributed by atoms with Crippen LogP contribution in [0.4, 0.5) is 5.69 Å². The minimum absolute atomic E-state index is 0.0241. The molecule has 2 saturated carbocycles. The number of anilines is 1. The number of benzene rings is 1. The molecule has 1 saturated heterocycles. The van der Waals surface area contributed by atoms with E-state index in [4.69, 9.17) is 5.73 Å². The van der Waals surface area contributed by atoms with E-state index < -0.39 is 64.4 Å². The number of nitrogens with one attached hydrogen (secondary N) is 2. The summed E-state index contributed by atoms with van der Waals surface area (Å²) >= 11 is 0. The number of hydrogen-bond acceptors (Lipinski definition) is 11. The Kier molecular flexibility index (Phi) is 7.48. The zero-order valence-electron chi connectivity index (χ0n) is 24.1. The molecule has 13 heteroatoms. The lowest BCUT2D eigenvalue weighted by Gasteiger charge is -2.52. The van der Waals surface area contributed by atoms with Crippen LogP contribution in [0.2, 0.25) is 0 Å². The molecule has 7 atom stereocenters. The number of Topliss-reactive ketones (excluding diaryl/α,β-unsaturated/α-hetero) is 4. The van der Waals surface area contributed by atoms with Crippen LogP contribution >= 0.6 is 0 Å². The van der Waals surface area contributed by atoms with Gasteiger partial charge in [-0.05, 0) is 63.9 Å². The van der Waals surface area contributed by atoms with E-state index in [0.717, 1.165) is 13.0 Å². The van der Waals surface area contributed by atoms with Crippen molar-refractivity contribution < 1.29 is 39.0 Å². The molecular weight excluding hydrogens is 546 g/mol. The smallest absolute Gasteiger partial charge is 0.237 e. The van der Waals surface area contributed by atoms with E-state index in [1.807, 2.05) is 0 Å². The Hall–Kier alpha value is -3.68. The van der Waals surface area contributed by atoms with Crippen LogP contribution < -0.4 is 21.3 Å². The van der Waals surface area contributed by atoms with Crippen molar-refractivity contribution in [1.29, 1.82) is 0 Å². The van der Waals surface area contributed by atoms with Crippen molar-refractivity contribution in [3.05, 3.63) is 22.8 Å². The van der Waals surface area contributed by atoms with E-state index in [1.54, 1.807) is 39.2 Å². The summed E-state index contributed by atoms with van der Waals surface area (Å²) in [6.07, 6.45) is 1.70. The van der Waals surface area contributed by atoms with Gasteiger partial charge in [0.15, 0.2) is 34.7 Å². The van der Waals surface area contributed by atoms with Crippen molar-refractivity contribution in [2.45, 2.75) is 49.9 Å². The first-order chi connectivity index (χ1) is 19.7. The molecule has 3 unspecified atom stereocenters. The molecule has 1 aliphatic heterocycles. The van der Waals surface area contributed by atoms with E-state index in [9.17, 15) is 39.0 Å². The SMILES string of the molecule is CN(C)c1cc(CNC(=O)C2CCCN2)c(O)c2c1C[C@@H]1C[C@@H]3[C@@H](N(C)C)C(=O)C(C(N)=O)C(=O)[C@]3(O)C(=O)C1C2=O. The molecular formula is C29H37N5O8. The number of primary amides is 1. The van der Waals surface area contributed by atoms with Crippen molar-refractivity contribution in [2.24, 2.45) is 29.4 Å². The first kappa shape index (κ1) is 29.8. The fraction of sp³-hybridized carbons (Fsp3) is 0.586. The average molecular weight is 584 g/mol. The number of aliphatic hydroxyl groups is 1. The highest BCUT2D eigenvalue weighted by Crippen LogP contribution is 2.52. The largest absolute Gasteiger partial charge is 0.507 e. The molecule has 4 aliphatic rings. The van der Waals surface area contributed by atoms with Crippen molar-refractivity contribution >= 4 is 40.6 Å². The van der Waals surface area contributed by atoms with Gasteiger partial charge in [0.2, 0.25) is 11.8 Å². The molecule has 5 rings (SSSR count). The first-order valence-corrected chi connectivity index (χ1v) is 14.1. The minimum atomic E-state index is -2.78. The van der Waals surface area contributed by atoms with Gasteiger partial charge < -0.3 is 31.5 Å². The molecule has 1 heterocycles. The summed E-state index contributed by atoms with van der Waals surface area (Å²) in [5, 5.41) is 29.0. The van der Waals surface area contributed by atoms with E-state index in [-0.39, 0.29) is 48.2 Å². The monoisotopic (exact) mass is 583 g/mol. The highest BCUT2D eigenvalue weighted by atomic mass is 16.3. The Bertz CT molecular complexity index is 1400. The number of nitrogens with two attached hydrogens (primary N) is 1. The third-order valence-corrected chi connectivity index (χ3v) is 9.43. The molecule has 1 aromatic carbocycles. The Morgan fingerprint density at radius 2 is 1.83 bits per heavy atom. The van der Waals surface area contributed by atoms with Crippen molar-refractivity contribution in [3.63, 3.8) is 0 Å². The third-order valence-electron chi connectivity index (χ3n) is 9.43. The van der Waals surface area contributed by atoms with Crippen molar-refractivity contribution in [1.82, 2.24) is 15.5 Å². The third kappa shape index (κ3) is 4.33. The number of hydrogen-bond donors (Lipinski definition) is 5. The molecule has 0 aromatic heterocycles. The number of nitrogens with zero attached hydrogens (tertiary/aromatic N) is 2. The van der Waals surface area contributed by atoms with Gasteiger partial charge in [-0.1, -0.05) is 0 Å². The quantitative estimate of drug-likeness (QED) is 0.239. The maximum atomic E-state index is 14.1. The topological polar surface area (TPSA) is 199 Å². The lowest BCUT2D eigenvalue weighted by Crippen LogP contribution is -2.74. The zero-order valence-corrected chi connectivity index (χ0v) is 24.1. The van der Waals surface area contributed by atoms with E-state index in [0.29, 0.717) is 17.7 Å². The Balaban J connectivity index is 1.56. The number of aromatic hydroxyl groups is 1.